The number of carbonyl (C=O) groups excluding carboxylic acids is 1. The molecule has 0 unspecified atom stereocenters. The van der Waals surface area contributed by atoms with E-state index in [0.29, 0.717) is 11.3 Å². The van der Waals surface area contributed by atoms with Gasteiger partial charge in [-0.2, -0.15) is 0 Å². The maximum atomic E-state index is 13.6. The molecule has 0 aromatic heterocycles. The van der Waals surface area contributed by atoms with Crippen LogP contribution in [0.1, 0.15) is 59.4 Å². The number of hydrogen-bond donors (Lipinski definition) is 1. The molecule has 0 saturated carbocycles. The number of rotatable bonds is 6. The Balaban J connectivity index is 1.97. The Bertz CT molecular complexity index is 942. The SMILES string of the molecule is CC1=C(/C=C/C(C)=C/C=C/C(C)=C/C(=O)Nc2ccc(C)c(F)c2)C(C)(C)CCC1. The second kappa shape index (κ2) is 10.4. The predicted octanol–water partition coefficient (Wildman–Crippen LogP) is 7.60. The van der Waals surface area contributed by atoms with Crippen molar-refractivity contribution < 1.29 is 9.18 Å². The van der Waals surface area contributed by atoms with Gasteiger partial charge in [0, 0.05) is 11.8 Å². The molecule has 1 aliphatic carbocycles. The maximum Gasteiger partial charge on any atom is 0.248 e. The van der Waals surface area contributed by atoms with E-state index in [9.17, 15) is 9.18 Å². The van der Waals surface area contributed by atoms with E-state index in [2.05, 4.69) is 45.2 Å². The van der Waals surface area contributed by atoms with Gasteiger partial charge in [-0.15, -0.1) is 0 Å². The minimum Gasteiger partial charge on any atom is -0.322 e. The molecule has 160 valence electrons. The van der Waals surface area contributed by atoms with Crippen molar-refractivity contribution in [3.63, 3.8) is 0 Å². The summed E-state index contributed by atoms with van der Waals surface area (Å²) in [5.74, 6) is -0.604. The minimum atomic E-state index is -0.329. The van der Waals surface area contributed by atoms with E-state index < -0.39 is 0 Å². The number of allylic oxidation sites excluding steroid dienone is 9. The molecular formula is C27H34FNO. The summed E-state index contributed by atoms with van der Waals surface area (Å²) in [5, 5.41) is 2.69. The van der Waals surface area contributed by atoms with Crippen LogP contribution in [0.4, 0.5) is 10.1 Å². The summed E-state index contributed by atoms with van der Waals surface area (Å²) in [4.78, 5) is 12.1. The van der Waals surface area contributed by atoms with Gasteiger partial charge in [0.25, 0.3) is 0 Å². The topological polar surface area (TPSA) is 29.1 Å². The first-order valence-corrected chi connectivity index (χ1v) is 10.6. The zero-order valence-corrected chi connectivity index (χ0v) is 19.1. The van der Waals surface area contributed by atoms with Crippen molar-refractivity contribution in [1.29, 1.82) is 0 Å². The average molecular weight is 408 g/mol. The van der Waals surface area contributed by atoms with Crippen molar-refractivity contribution in [2.24, 2.45) is 5.41 Å². The number of amides is 1. The fourth-order valence-corrected chi connectivity index (χ4v) is 3.74. The number of anilines is 1. The molecule has 0 spiro atoms. The van der Waals surface area contributed by atoms with Crippen LogP contribution < -0.4 is 5.32 Å². The number of hydrogen-bond acceptors (Lipinski definition) is 1. The van der Waals surface area contributed by atoms with E-state index in [1.165, 1.54) is 42.6 Å². The van der Waals surface area contributed by atoms with Crippen molar-refractivity contribution in [3.8, 4) is 0 Å². The second-order valence-electron chi connectivity index (χ2n) is 8.88. The van der Waals surface area contributed by atoms with Crippen molar-refractivity contribution in [2.75, 3.05) is 5.32 Å². The van der Waals surface area contributed by atoms with Crippen LogP contribution in [0.2, 0.25) is 0 Å². The van der Waals surface area contributed by atoms with Crippen molar-refractivity contribution in [3.05, 3.63) is 88.3 Å². The Morgan fingerprint density at radius 3 is 2.53 bits per heavy atom. The fourth-order valence-electron chi connectivity index (χ4n) is 3.74. The van der Waals surface area contributed by atoms with Crippen LogP contribution >= 0.6 is 0 Å². The van der Waals surface area contributed by atoms with E-state index in [1.807, 2.05) is 25.2 Å². The first-order valence-electron chi connectivity index (χ1n) is 10.6. The summed E-state index contributed by atoms with van der Waals surface area (Å²) in [6, 6.07) is 4.67. The molecule has 0 aliphatic heterocycles. The molecule has 3 heteroatoms. The van der Waals surface area contributed by atoms with Crippen LogP contribution in [-0.2, 0) is 4.79 Å². The summed E-state index contributed by atoms with van der Waals surface area (Å²) < 4.78 is 13.6. The van der Waals surface area contributed by atoms with Crippen LogP contribution in [0, 0.1) is 18.2 Å². The monoisotopic (exact) mass is 407 g/mol. The van der Waals surface area contributed by atoms with Gasteiger partial charge in [0.15, 0.2) is 0 Å². The van der Waals surface area contributed by atoms with E-state index >= 15 is 0 Å². The summed E-state index contributed by atoms with van der Waals surface area (Å²) in [6.45, 7) is 12.5. The number of benzene rings is 1. The lowest BCUT2D eigenvalue weighted by atomic mass is 9.72. The number of halogens is 1. The average Bonchev–Trinajstić information content (AvgIpc) is 2.63. The van der Waals surface area contributed by atoms with Gasteiger partial charge < -0.3 is 5.32 Å². The smallest absolute Gasteiger partial charge is 0.248 e. The zero-order chi connectivity index (χ0) is 22.3. The molecule has 2 rings (SSSR count). The first-order chi connectivity index (χ1) is 14.1. The van der Waals surface area contributed by atoms with Gasteiger partial charge in [-0.05, 0) is 81.2 Å². The second-order valence-corrected chi connectivity index (χ2v) is 8.88. The molecule has 2 nitrogen and oxygen atoms in total. The predicted molar refractivity (Wildman–Crippen MR) is 126 cm³/mol. The third kappa shape index (κ3) is 6.98. The highest BCUT2D eigenvalue weighted by Crippen LogP contribution is 2.40. The van der Waals surface area contributed by atoms with Crippen LogP contribution in [-0.4, -0.2) is 5.91 Å². The highest BCUT2D eigenvalue weighted by molar-refractivity contribution is 5.99. The highest BCUT2D eigenvalue weighted by atomic mass is 19.1. The first kappa shape index (κ1) is 23.6. The van der Waals surface area contributed by atoms with Crippen LogP contribution in [0.5, 0.6) is 0 Å². The molecular weight excluding hydrogens is 373 g/mol. The fraction of sp³-hybridized carbons (Fsp3) is 0.370. The lowest BCUT2D eigenvalue weighted by Gasteiger charge is -2.32. The lowest BCUT2D eigenvalue weighted by molar-refractivity contribution is -0.111. The Labute approximate surface area is 181 Å². The van der Waals surface area contributed by atoms with Crippen LogP contribution in [0.3, 0.4) is 0 Å². The quantitative estimate of drug-likeness (QED) is 0.382. The molecule has 1 aromatic rings. The van der Waals surface area contributed by atoms with Gasteiger partial charge in [-0.25, -0.2) is 4.39 Å². The summed E-state index contributed by atoms with van der Waals surface area (Å²) in [5.41, 5.74) is 6.15. The lowest BCUT2D eigenvalue weighted by Crippen LogP contribution is -2.19. The number of carbonyl (C=O) groups is 1. The van der Waals surface area contributed by atoms with Crippen LogP contribution in [0.15, 0.2) is 76.9 Å². The summed E-state index contributed by atoms with van der Waals surface area (Å²) in [7, 11) is 0. The van der Waals surface area contributed by atoms with Gasteiger partial charge in [0.1, 0.15) is 5.82 Å². The highest BCUT2D eigenvalue weighted by Gasteiger charge is 2.26. The third-order valence-electron chi connectivity index (χ3n) is 5.57. The van der Waals surface area contributed by atoms with Crippen molar-refractivity contribution >= 4 is 11.6 Å². The summed E-state index contributed by atoms with van der Waals surface area (Å²) >= 11 is 0. The Kier molecular flexibility index (Phi) is 8.16. The van der Waals surface area contributed by atoms with Gasteiger partial charge in [-0.1, -0.05) is 61.4 Å². The van der Waals surface area contributed by atoms with Crippen molar-refractivity contribution in [1.82, 2.24) is 0 Å². The molecule has 0 atom stereocenters. The molecule has 0 bridgehead atoms. The normalized spacial score (nSPS) is 17.8. The largest absolute Gasteiger partial charge is 0.322 e. The van der Waals surface area contributed by atoms with E-state index in [4.69, 9.17) is 0 Å². The van der Waals surface area contributed by atoms with Gasteiger partial charge >= 0.3 is 0 Å². The van der Waals surface area contributed by atoms with Crippen LogP contribution in [0.25, 0.3) is 0 Å². The molecule has 1 aromatic carbocycles. The minimum absolute atomic E-state index is 0.238. The van der Waals surface area contributed by atoms with E-state index in [0.717, 1.165) is 11.1 Å². The molecule has 1 N–H and O–H groups in total. The van der Waals surface area contributed by atoms with Gasteiger partial charge in [0.2, 0.25) is 5.91 Å². The van der Waals surface area contributed by atoms with E-state index in [1.54, 1.807) is 19.1 Å². The molecule has 0 heterocycles. The molecule has 1 amide bonds. The maximum absolute atomic E-state index is 13.6. The third-order valence-corrected chi connectivity index (χ3v) is 5.57. The number of nitrogens with one attached hydrogen (secondary N) is 1. The Hall–Kier alpha value is -2.68. The molecule has 0 saturated heterocycles. The molecule has 0 fully saturated rings. The van der Waals surface area contributed by atoms with Crippen molar-refractivity contribution in [2.45, 2.75) is 60.8 Å². The molecule has 0 radical (unpaired) electrons. The Morgan fingerprint density at radius 1 is 1.13 bits per heavy atom. The van der Waals surface area contributed by atoms with E-state index in [-0.39, 0.29) is 17.1 Å². The van der Waals surface area contributed by atoms with Gasteiger partial charge in [0.05, 0.1) is 0 Å². The number of aryl methyl sites for hydroxylation is 1. The molecule has 1 aliphatic rings. The Morgan fingerprint density at radius 2 is 1.87 bits per heavy atom. The zero-order valence-electron chi connectivity index (χ0n) is 19.1. The molecule has 30 heavy (non-hydrogen) atoms. The summed E-state index contributed by atoms with van der Waals surface area (Å²) in [6.07, 6.45) is 15.5. The van der Waals surface area contributed by atoms with Gasteiger partial charge in [-0.3, -0.25) is 4.79 Å². The standard InChI is InChI=1S/C27H34FNO/c1-19(12-15-24-21(3)11-8-16-27(24,5)6)9-7-10-20(2)17-26(30)29-23-14-13-22(4)25(28)18-23/h7,9-10,12-15,17-18H,8,11,16H2,1-6H3,(H,29,30)/b10-7+,15-12+,19-9+,20-17+.